The molecule has 1 aliphatic rings. The molecule has 1 unspecified atom stereocenters. The standard InChI is InChI=1S/C18H21NO/c1-12-10-17(8-9-18(12)20)19-13(2)15-7-6-14-4-3-5-16(14)11-15/h6-11,13,19-20H,3-5H2,1-2H3. The summed E-state index contributed by atoms with van der Waals surface area (Å²) in [6.45, 7) is 4.10. The highest BCUT2D eigenvalue weighted by molar-refractivity contribution is 5.52. The number of benzene rings is 2. The van der Waals surface area contributed by atoms with Gasteiger partial charge in [-0.2, -0.15) is 0 Å². The molecular formula is C18H21NO. The third-order valence-corrected chi connectivity index (χ3v) is 4.20. The number of aromatic hydroxyl groups is 1. The van der Waals surface area contributed by atoms with E-state index < -0.39 is 0 Å². The Kier molecular flexibility index (Phi) is 3.39. The third-order valence-electron chi connectivity index (χ3n) is 4.20. The second kappa shape index (κ2) is 5.20. The van der Waals surface area contributed by atoms with E-state index in [0.717, 1.165) is 11.3 Å². The Balaban J connectivity index is 1.78. The summed E-state index contributed by atoms with van der Waals surface area (Å²) in [7, 11) is 0. The molecule has 1 aliphatic carbocycles. The van der Waals surface area contributed by atoms with Crippen molar-refractivity contribution >= 4 is 5.69 Å². The monoisotopic (exact) mass is 267 g/mol. The van der Waals surface area contributed by atoms with Gasteiger partial charge in [-0.1, -0.05) is 18.2 Å². The van der Waals surface area contributed by atoms with Gasteiger partial charge in [-0.25, -0.2) is 0 Å². The number of phenols is 1. The number of rotatable bonds is 3. The molecule has 3 rings (SSSR count). The maximum absolute atomic E-state index is 9.57. The summed E-state index contributed by atoms with van der Waals surface area (Å²) in [6, 6.07) is 12.8. The Morgan fingerprint density at radius 2 is 1.85 bits per heavy atom. The van der Waals surface area contributed by atoms with E-state index in [4.69, 9.17) is 0 Å². The zero-order valence-corrected chi connectivity index (χ0v) is 12.1. The summed E-state index contributed by atoms with van der Waals surface area (Å²) in [5.41, 5.74) is 6.31. The molecule has 2 N–H and O–H groups in total. The second-order valence-electron chi connectivity index (χ2n) is 5.75. The van der Waals surface area contributed by atoms with Crippen LogP contribution in [0.3, 0.4) is 0 Å². The molecule has 2 aromatic rings. The van der Waals surface area contributed by atoms with Crippen molar-refractivity contribution in [2.24, 2.45) is 0 Å². The molecule has 2 aromatic carbocycles. The van der Waals surface area contributed by atoms with Crippen LogP contribution in [0.15, 0.2) is 36.4 Å². The molecular weight excluding hydrogens is 246 g/mol. The van der Waals surface area contributed by atoms with Crippen molar-refractivity contribution in [1.82, 2.24) is 0 Å². The molecule has 0 fully saturated rings. The maximum Gasteiger partial charge on any atom is 0.118 e. The van der Waals surface area contributed by atoms with E-state index >= 15 is 0 Å². The number of phenolic OH excluding ortho intramolecular Hbond substituents is 1. The van der Waals surface area contributed by atoms with Crippen molar-refractivity contribution in [2.45, 2.75) is 39.2 Å². The molecule has 1 atom stereocenters. The SMILES string of the molecule is Cc1cc(NC(C)c2ccc3c(c2)CCC3)ccc1O. The molecule has 2 heteroatoms. The molecule has 0 bridgehead atoms. The van der Waals surface area contributed by atoms with Crippen LogP contribution >= 0.6 is 0 Å². The minimum atomic E-state index is 0.268. The Morgan fingerprint density at radius 3 is 2.65 bits per heavy atom. The highest BCUT2D eigenvalue weighted by atomic mass is 16.3. The van der Waals surface area contributed by atoms with Crippen LogP contribution in [0, 0.1) is 6.92 Å². The number of hydrogen-bond donors (Lipinski definition) is 2. The van der Waals surface area contributed by atoms with Gasteiger partial charge in [0, 0.05) is 11.7 Å². The molecule has 104 valence electrons. The summed E-state index contributed by atoms with van der Waals surface area (Å²) in [5, 5.41) is 13.1. The molecule has 0 saturated heterocycles. The van der Waals surface area contributed by atoms with Gasteiger partial charge in [0.2, 0.25) is 0 Å². The Bertz CT molecular complexity index is 633. The Morgan fingerprint density at radius 1 is 1.05 bits per heavy atom. The normalized spacial score (nSPS) is 14.9. The molecule has 0 spiro atoms. The fourth-order valence-corrected chi connectivity index (χ4v) is 2.94. The van der Waals surface area contributed by atoms with E-state index in [1.165, 1.54) is 36.0 Å². The van der Waals surface area contributed by atoms with Crippen molar-refractivity contribution in [2.75, 3.05) is 5.32 Å². The minimum Gasteiger partial charge on any atom is -0.508 e. The molecule has 2 nitrogen and oxygen atoms in total. The number of anilines is 1. The molecule has 0 aromatic heterocycles. The van der Waals surface area contributed by atoms with Crippen LogP contribution in [-0.2, 0) is 12.8 Å². The highest BCUT2D eigenvalue weighted by Gasteiger charge is 2.13. The van der Waals surface area contributed by atoms with Gasteiger partial charge in [0.15, 0.2) is 0 Å². The van der Waals surface area contributed by atoms with Crippen LogP contribution in [0.4, 0.5) is 5.69 Å². The zero-order chi connectivity index (χ0) is 14.1. The lowest BCUT2D eigenvalue weighted by atomic mass is 10.0. The van der Waals surface area contributed by atoms with E-state index in [1.807, 2.05) is 19.1 Å². The van der Waals surface area contributed by atoms with Crippen molar-refractivity contribution in [3.05, 3.63) is 58.7 Å². The topological polar surface area (TPSA) is 32.3 Å². The summed E-state index contributed by atoms with van der Waals surface area (Å²) < 4.78 is 0. The average Bonchev–Trinajstić information content (AvgIpc) is 2.90. The first-order chi connectivity index (χ1) is 9.63. The van der Waals surface area contributed by atoms with Crippen LogP contribution in [0.5, 0.6) is 5.75 Å². The number of nitrogens with one attached hydrogen (secondary N) is 1. The predicted molar refractivity (Wildman–Crippen MR) is 83.3 cm³/mol. The van der Waals surface area contributed by atoms with Crippen LogP contribution in [-0.4, -0.2) is 5.11 Å². The van der Waals surface area contributed by atoms with E-state index in [0.29, 0.717) is 5.75 Å². The molecule has 0 aliphatic heterocycles. The van der Waals surface area contributed by atoms with Gasteiger partial charge >= 0.3 is 0 Å². The van der Waals surface area contributed by atoms with Crippen LogP contribution in [0.2, 0.25) is 0 Å². The van der Waals surface area contributed by atoms with Crippen molar-refractivity contribution in [3.8, 4) is 5.75 Å². The van der Waals surface area contributed by atoms with Gasteiger partial charge in [-0.05, 0) is 73.6 Å². The summed E-state index contributed by atoms with van der Waals surface area (Å²) >= 11 is 0. The van der Waals surface area contributed by atoms with Gasteiger partial charge in [-0.3, -0.25) is 0 Å². The predicted octanol–water partition coefficient (Wildman–Crippen LogP) is 4.36. The van der Waals surface area contributed by atoms with Crippen LogP contribution < -0.4 is 5.32 Å². The minimum absolute atomic E-state index is 0.268. The lowest BCUT2D eigenvalue weighted by molar-refractivity contribution is 0.471. The van der Waals surface area contributed by atoms with Gasteiger partial charge < -0.3 is 10.4 Å². The van der Waals surface area contributed by atoms with Crippen LogP contribution in [0.1, 0.15) is 41.6 Å². The maximum atomic E-state index is 9.57. The van der Waals surface area contributed by atoms with Crippen molar-refractivity contribution < 1.29 is 5.11 Å². The fraction of sp³-hybridized carbons (Fsp3) is 0.333. The molecule has 0 saturated carbocycles. The molecule has 0 amide bonds. The van der Waals surface area contributed by atoms with E-state index in [-0.39, 0.29) is 6.04 Å². The molecule has 0 heterocycles. The Hall–Kier alpha value is -1.96. The highest BCUT2D eigenvalue weighted by Crippen LogP contribution is 2.28. The number of aryl methyl sites for hydroxylation is 3. The quantitative estimate of drug-likeness (QED) is 0.810. The lowest BCUT2D eigenvalue weighted by Crippen LogP contribution is -2.07. The van der Waals surface area contributed by atoms with Gasteiger partial charge in [-0.15, -0.1) is 0 Å². The van der Waals surface area contributed by atoms with Gasteiger partial charge in [0.25, 0.3) is 0 Å². The second-order valence-corrected chi connectivity index (χ2v) is 5.75. The van der Waals surface area contributed by atoms with Crippen LogP contribution in [0.25, 0.3) is 0 Å². The van der Waals surface area contributed by atoms with Gasteiger partial charge in [0.05, 0.1) is 0 Å². The summed E-state index contributed by atoms with van der Waals surface area (Å²) in [4.78, 5) is 0. The first kappa shape index (κ1) is 13.0. The first-order valence-electron chi connectivity index (χ1n) is 7.31. The first-order valence-corrected chi connectivity index (χ1v) is 7.31. The van der Waals surface area contributed by atoms with E-state index in [1.54, 1.807) is 6.07 Å². The fourth-order valence-electron chi connectivity index (χ4n) is 2.94. The average molecular weight is 267 g/mol. The largest absolute Gasteiger partial charge is 0.508 e. The zero-order valence-electron chi connectivity index (χ0n) is 12.1. The summed E-state index contributed by atoms with van der Waals surface area (Å²) in [6.07, 6.45) is 3.74. The van der Waals surface area contributed by atoms with Gasteiger partial charge in [0.1, 0.15) is 5.75 Å². The van der Waals surface area contributed by atoms with Crippen molar-refractivity contribution in [1.29, 1.82) is 0 Å². The lowest BCUT2D eigenvalue weighted by Gasteiger charge is -2.17. The number of hydrogen-bond acceptors (Lipinski definition) is 2. The van der Waals surface area contributed by atoms with E-state index in [2.05, 4.69) is 30.4 Å². The van der Waals surface area contributed by atoms with Crippen molar-refractivity contribution in [3.63, 3.8) is 0 Å². The molecule has 0 radical (unpaired) electrons. The van der Waals surface area contributed by atoms with E-state index in [9.17, 15) is 5.11 Å². The smallest absolute Gasteiger partial charge is 0.118 e. The summed E-state index contributed by atoms with van der Waals surface area (Å²) in [5.74, 6) is 0.348. The molecule has 20 heavy (non-hydrogen) atoms. The Labute approximate surface area is 120 Å². The third kappa shape index (κ3) is 2.51. The number of fused-ring (bicyclic) bond motifs is 1.